The Bertz CT molecular complexity index is 505. The second-order valence-corrected chi connectivity index (χ2v) is 6.44. The van der Waals surface area contributed by atoms with Crippen molar-refractivity contribution in [3.05, 3.63) is 35.4 Å². The first kappa shape index (κ1) is 15.9. The molecule has 21 heavy (non-hydrogen) atoms. The Labute approximate surface area is 123 Å². The first-order valence-electron chi connectivity index (χ1n) is 7.16. The average Bonchev–Trinajstić information content (AvgIpc) is 2.73. The first-order valence-corrected chi connectivity index (χ1v) is 7.16. The molecule has 116 valence electrons. The summed E-state index contributed by atoms with van der Waals surface area (Å²) in [7, 11) is 0. The minimum Gasteiger partial charge on any atom is -0.459 e. The van der Waals surface area contributed by atoms with E-state index in [0.717, 1.165) is 19.0 Å². The minimum atomic E-state index is -0.599. The van der Waals surface area contributed by atoms with Gasteiger partial charge in [-0.3, -0.25) is 9.69 Å². The highest BCUT2D eigenvalue weighted by Gasteiger charge is 2.34. The number of halogens is 2. The predicted octanol–water partition coefficient (Wildman–Crippen LogP) is 3.27. The van der Waals surface area contributed by atoms with Crippen molar-refractivity contribution in [1.29, 1.82) is 0 Å². The quantitative estimate of drug-likeness (QED) is 0.802. The summed E-state index contributed by atoms with van der Waals surface area (Å²) in [5, 5.41) is 0. The monoisotopic (exact) mass is 297 g/mol. The number of nitrogens with zero attached hydrogens (tertiary/aromatic N) is 1. The van der Waals surface area contributed by atoms with E-state index in [0.29, 0.717) is 18.5 Å². The van der Waals surface area contributed by atoms with Gasteiger partial charge in [0.05, 0.1) is 0 Å². The number of rotatable bonds is 3. The lowest BCUT2D eigenvalue weighted by molar-refractivity contribution is -0.160. The number of hydrogen-bond donors (Lipinski definition) is 0. The third kappa shape index (κ3) is 4.49. The van der Waals surface area contributed by atoms with Crippen LogP contribution in [0, 0.1) is 11.6 Å². The summed E-state index contributed by atoms with van der Waals surface area (Å²) in [6.07, 6.45) is 1.59. The highest BCUT2D eigenvalue weighted by molar-refractivity contribution is 5.76. The summed E-state index contributed by atoms with van der Waals surface area (Å²) in [4.78, 5) is 14.1. The van der Waals surface area contributed by atoms with Crippen LogP contribution in [0.2, 0.25) is 0 Å². The Hall–Kier alpha value is -1.49. The van der Waals surface area contributed by atoms with Crippen molar-refractivity contribution in [2.75, 3.05) is 6.54 Å². The molecular formula is C16H21F2NO2. The van der Waals surface area contributed by atoms with E-state index in [1.165, 1.54) is 12.1 Å². The third-order valence-electron chi connectivity index (χ3n) is 3.35. The van der Waals surface area contributed by atoms with E-state index in [2.05, 4.69) is 0 Å². The van der Waals surface area contributed by atoms with Crippen molar-refractivity contribution in [2.45, 2.75) is 51.8 Å². The molecule has 1 fully saturated rings. The van der Waals surface area contributed by atoms with E-state index in [1.54, 1.807) is 0 Å². The first-order chi connectivity index (χ1) is 9.74. The van der Waals surface area contributed by atoms with E-state index in [1.807, 2.05) is 25.7 Å². The summed E-state index contributed by atoms with van der Waals surface area (Å²) < 4.78 is 31.9. The number of ether oxygens (including phenoxy) is 1. The molecule has 0 N–H and O–H groups in total. The highest BCUT2D eigenvalue weighted by atomic mass is 19.1. The topological polar surface area (TPSA) is 29.5 Å². The fraction of sp³-hybridized carbons (Fsp3) is 0.562. The molecule has 1 atom stereocenters. The zero-order chi connectivity index (χ0) is 15.6. The summed E-state index contributed by atoms with van der Waals surface area (Å²) in [5.74, 6) is -1.46. The molecule has 0 radical (unpaired) electrons. The van der Waals surface area contributed by atoms with Crippen molar-refractivity contribution >= 4 is 5.97 Å². The number of esters is 1. The minimum absolute atomic E-state index is 0.267. The molecule has 2 rings (SSSR count). The fourth-order valence-corrected chi connectivity index (χ4v) is 2.59. The van der Waals surface area contributed by atoms with Gasteiger partial charge in [-0.05, 0) is 57.9 Å². The lowest BCUT2D eigenvalue weighted by Crippen LogP contribution is -2.40. The molecular weight excluding hydrogens is 276 g/mol. The molecule has 0 aromatic heterocycles. The number of benzene rings is 1. The van der Waals surface area contributed by atoms with Crippen LogP contribution >= 0.6 is 0 Å². The van der Waals surface area contributed by atoms with E-state index < -0.39 is 17.2 Å². The normalized spacial score (nSPS) is 19.8. The van der Waals surface area contributed by atoms with E-state index >= 15 is 0 Å². The molecule has 3 nitrogen and oxygen atoms in total. The molecule has 0 unspecified atom stereocenters. The maximum Gasteiger partial charge on any atom is 0.323 e. The van der Waals surface area contributed by atoms with Crippen LogP contribution in [-0.2, 0) is 16.1 Å². The fourth-order valence-electron chi connectivity index (χ4n) is 2.59. The summed E-state index contributed by atoms with van der Waals surface area (Å²) in [5.41, 5.74) is -0.000925. The van der Waals surface area contributed by atoms with Crippen molar-refractivity contribution in [1.82, 2.24) is 4.90 Å². The maximum absolute atomic E-state index is 13.2. The zero-order valence-electron chi connectivity index (χ0n) is 12.7. The molecule has 0 amide bonds. The SMILES string of the molecule is CC(C)(C)OC(=O)[C@H]1CCCN1Cc1cc(F)cc(F)c1. The Morgan fingerprint density at radius 3 is 2.48 bits per heavy atom. The van der Waals surface area contributed by atoms with Gasteiger partial charge in [-0.2, -0.15) is 0 Å². The van der Waals surface area contributed by atoms with Gasteiger partial charge >= 0.3 is 5.97 Å². The third-order valence-corrected chi connectivity index (χ3v) is 3.35. The van der Waals surface area contributed by atoms with Crippen LogP contribution in [0.1, 0.15) is 39.2 Å². The Kier molecular flexibility index (Phi) is 4.61. The van der Waals surface area contributed by atoms with Crippen LogP contribution < -0.4 is 0 Å². The van der Waals surface area contributed by atoms with Crippen LogP contribution in [0.5, 0.6) is 0 Å². The highest BCUT2D eigenvalue weighted by Crippen LogP contribution is 2.23. The average molecular weight is 297 g/mol. The molecule has 1 aliphatic rings. The van der Waals surface area contributed by atoms with Crippen LogP contribution in [0.4, 0.5) is 8.78 Å². The van der Waals surface area contributed by atoms with E-state index in [9.17, 15) is 13.6 Å². The van der Waals surface area contributed by atoms with Gasteiger partial charge in [0.2, 0.25) is 0 Å². The molecule has 1 saturated heterocycles. The lowest BCUT2D eigenvalue weighted by Gasteiger charge is -2.27. The van der Waals surface area contributed by atoms with Gasteiger partial charge in [0.25, 0.3) is 0 Å². The molecule has 0 aliphatic carbocycles. The molecule has 1 aliphatic heterocycles. The molecule has 1 heterocycles. The van der Waals surface area contributed by atoms with Crippen molar-refractivity contribution in [3.63, 3.8) is 0 Å². The summed E-state index contributed by atoms with van der Waals surface area (Å²) in [6.45, 7) is 6.55. The number of likely N-dealkylation sites (tertiary alicyclic amines) is 1. The Morgan fingerprint density at radius 2 is 1.90 bits per heavy atom. The summed E-state index contributed by atoms with van der Waals surface area (Å²) >= 11 is 0. The van der Waals surface area contributed by atoms with Gasteiger partial charge in [-0.15, -0.1) is 0 Å². The van der Waals surface area contributed by atoms with Crippen molar-refractivity contribution in [3.8, 4) is 0 Å². The number of carbonyl (C=O) groups is 1. The second-order valence-electron chi connectivity index (χ2n) is 6.44. The van der Waals surface area contributed by atoms with Crippen LogP contribution in [0.15, 0.2) is 18.2 Å². The Balaban J connectivity index is 2.06. The van der Waals surface area contributed by atoms with Crippen molar-refractivity contribution in [2.24, 2.45) is 0 Å². The maximum atomic E-state index is 13.2. The van der Waals surface area contributed by atoms with Crippen molar-refractivity contribution < 1.29 is 18.3 Å². The Morgan fingerprint density at radius 1 is 1.29 bits per heavy atom. The van der Waals surface area contributed by atoms with Gasteiger partial charge in [-0.25, -0.2) is 8.78 Å². The molecule has 1 aromatic carbocycles. The van der Waals surface area contributed by atoms with Gasteiger partial charge < -0.3 is 4.74 Å². The second kappa shape index (κ2) is 6.10. The molecule has 1 aromatic rings. The smallest absolute Gasteiger partial charge is 0.323 e. The molecule has 0 saturated carbocycles. The van der Waals surface area contributed by atoms with Crippen LogP contribution in [0.3, 0.4) is 0 Å². The van der Waals surface area contributed by atoms with Gasteiger partial charge in [0.15, 0.2) is 0 Å². The van der Waals surface area contributed by atoms with Gasteiger partial charge in [0, 0.05) is 12.6 Å². The largest absolute Gasteiger partial charge is 0.459 e. The zero-order valence-corrected chi connectivity index (χ0v) is 12.7. The van der Waals surface area contributed by atoms with Gasteiger partial charge in [-0.1, -0.05) is 0 Å². The molecule has 0 bridgehead atoms. The predicted molar refractivity (Wildman–Crippen MR) is 75.6 cm³/mol. The summed E-state index contributed by atoms with van der Waals surface area (Å²) in [6, 6.07) is 3.11. The van der Waals surface area contributed by atoms with Crippen LogP contribution in [0.25, 0.3) is 0 Å². The van der Waals surface area contributed by atoms with E-state index in [-0.39, 0.29) is 12.0 Å². The molecule has 5 heteroatoms. The lowest BCUT2D eigenvalue weighted by atomic mass is 10.1. The van der Waals surface area contributed by atoms with Gasteiger partial charge in [0.1, 0.15) is 23.3 Å². The number of hydrogen-bond acceptors (Lipinski definition) is 3. The molecule has 0 spiro atoms. The van der Waals surface area contributed by atoms with E-state index in [4.69, 9.17) is 4.74 Å². The number of carbonyl (C=O) groups excluding carboxylic acids is 1. The standard InChI is InChI=1S/C16H21F2NO2/c1-16(2,3)21-15(20)14-5-4-6-19(14)10-11-7-12(17)9-13(18)8-11/h7-9,14H,4-6,10H2,1-3H3/t14-/m1/s1. The van der Waals surface area contributed by atoms with Crippen LogP contribution in [-0.4, -0.2) is 29.1 Å².